The third-order valence-electron chi connectivity index (χ3n) is 4.94. The van der Waals surface area contributed by atoms with Crippen molar-refractivity contribution in [2.75, 3.05) is 0 Å². The molecule has 2 atom stereocenters. The van der Waals surface area contributed by atoms with Gasteiger partial charge in [-0.1, -0.05) is 63.2 Å². The summed E-state index contributed by atoms with van der Waals surface area (Å²) in [7, 11) is 0. The minimum atomic E-state index is -0.562. The van der Waals surface area contributed by atoms with Crippen LogP contribution in [0.15, 0.2) is 42.5 Å². The minimum absolute atomic E-state index is 0.249. The fourth-order valence-corrected chi connectivity index (χ4v) is 4.11. The molecule has 0 spiro atoms. The van der Waals surface area contributed by atoms with E-state index in [4.69, 9.17) is 0 Å². The van der Waals surface area contributed by atoms with E-state index in [0.29, 0.717) is 5.92 Å². The number of hydrogen-bond donors (Lipinski definition) is 1. The van der Waals surface area contributed by atoms with Gasteiger partial charge >= 0.3 is 0 Å². The van der Waals surface area contributed by atoms with Crippen LogP contribution in [0.4, 0.5) is 0 Å². The Morgan fingerprint density at radius 1 is 1.10 bits per heavy atom. The molecule has 0 bridgehead atoms. The van der Waals surface area contributed by atoms with Gasteiger partial charge in [-0.3, -0.25) is 0 Å². The van der Waals surface area contributed by atoms with Gasteiger partial charge in [-0.25, -0.2) is 0 Å². The summed E-state index contributed by atoms with van der Waals surface area (Å²) in [6.45, 7) is 6.73. The molecule has 2 unspecified atom stereocenters. The van der Waals surface area contributed by atoms with Crippen molar-refractivity contribution in [2.24, 2.45) is 11.3 Å². The normalized spacial score (nSPS) is 28.9. The highest BCUT2D eigenvalue weighted by Gasteiger charge is 2.47. The zero-order chi connectivity index (χ0) is 14.4. The molecule has 2 aromatic rings. The van der Waals surface area contributed by atoms with Gasteiger partial charge in [0, 0.05) is 6.42 Å². The molecule has 1 N–H and O–H groups in total. The highest BCUT2D eigenvalue weighted by atomic mass is 16.3. The molecule has 106 valence electrons. The van der Waals surface area contributed by atoms with Gasteiger partial charge in [-0.2, -0.15) is 0 Å². The number of benzene rings is 2. The van der Waals surface area contributed by atoms with Crippen LogP contribution in [0, 0.1) is 11.3 Å². The standard InChI is InChI=1S/C19H24O/c1-14-11-18(2,3)13-19(14,20)12-16-9-6-8-15-7-4-5-10-17(15)16/h4-10,14,20H,11-13H2,1-3H3. The van der Waals surface area contributed by atoms with Gasteiger partial charge < -0.3 is 5.11 Å². The van der Waals surface area contributed by atoms with Crippen molar-refractivity contribution in [3.8, 4) is 0 Å². The summed E-state index contributed by atoms with van der Waals surface area (Å²) in [4.78, 5) is 0. The van der Waals surface area contributed by atoms with Crippen molar-refractivity contribution in [2.45, 2.75) is 45.6 Å². The Bertz CT molecular complexity index is 623. The zero-order valence-corrected chi connectivity index (χ0v) is 12.7. The zero-order valence-electron chi connectivity index (χ0n) is 12.7. The maximum absolute atomic E-state index is 11.1. The Morgan fingerprint density at radius 2 is 1.80 bits per heavy atom. The molecule has 0 saturated heterocycles. The fourth-order valence-electron chi connectivity index (χ4n) is 4.11. The number of fused-ring (bicyclic) bond motifs is 1. The molecule has 1 saturated carbocycles. The van der Waals surface area contributed by atoms with E-state index in [1.807, 2.05) is 0 Å². The molecule has 0 radical (unpaired) electrons. The van der Waals surface area contributed by atoms with Gasteiger partial charge in [-0.05, 0) is 40.5 Å². The monoisotopic (exact) mass is 268 g/mol. The van der Waals surface area contributed by atoms with Crippen LogP contribution in [0.3, 0.4) is 0 Å². The predicted octanol–water partition coefficient (Wildman–Crippen LogP) is 4.57. The van der Waals surface area contributed by atoms with Gasteiger partial charge in [0.05, 0.1) is 5.60 Å². The van der Waals surface area contributed by atoms with Crippen LogP contribution in [0.2, 0.25) is 0 Å². The van der Waals surface area contributed by atoms with Crippen LogP contribution in [-0.2, 0) is 6.42 Å². The third-order valence-corrected chi connectivity index (χ3v) is 4.94. The van der Waals surface area contributed by atoms with Gasteiger partial charge in [-0.15, -0.1) is 0 Å². The van der Waals surface area contributed by atoms with Crippen molar-refractivity contribution >= 4 is 10.8 Å². The van der Waals surface area contributed by atoms with Crippen molar-refractivity contribution in [3.05, 3.63) is 48.0 Å². The Labute approximate surface area is 121 Å². The quantitative estimate of drug-likeness (QED) is 0.846. The van der Waals surface area contributed by atoms with Crippen molar-refractivity contribution < 1.29 is 5.11 Å². The molecular formula is C19H24O. The topological polar surface area (TPSA) is 20.2 Å². The first-order valence-corrected chi connectivity index (χ1v) is 7.59. The van der Waals surface area contributed by atoms with E-state index in [-0.39, 0.29) is 5.41 Å². The van der Waals surface area contributed by atoms with E-state index in [9.17, 15) is 5.11 Å². The smallest absolute Gasteiger partial charge is 0.0718 e. The average molecular weight is 268 g/mol. The first-order valence-electron chi connectivity index (χ1n) is 7.59. The van der Waals surface area contributed by atoms with E-state index >= 15 is 0 Å². The minimum Gasteiger partial charge on any atom is -0.389 e. The largest absolute Gasteiger partial charge is 0.389 e. The van der Waals surface area contributed by atoms with Crippen LogP contribution in [0.5, 0.6) is 0 Å². The Balaban J connectivity index is 1.98. The van der Waals surface area contributed by atoms with Crippen LogP contribution in [0.1, 0.15) is 39.2 Å². The summed E-state index contributed by atoms with van der Waals surface area (Å²) in [6, 6.07) is 14.9. The van der Waals surface area contributed by atoms with Gasteiger partial charge in [0.15, 0.2) is 0 Å². The van der Waals surface area contributed by atoms with E-state index in [0.717, 1.165) is 19.3 Å². The van der Waals surface area contributed by atoms with Crippen molar-refractivity contribution in [1.82, 2.24) is 0 Å². The molecule has 1 aliphatic rings. The Kier molecular flexibility index (Phi) is 3.13. The van der Waals surface area contributed by atoms with Crippen LogP contribution >= 0.6 is 0 Å². The number of hydrogen-bond acceptors (Lipinski definition) is 1. The maximum Gasteiger partial charge on any atom is 0.0718 e. The molecule has 0 aliphatic heterocycles. The number of rotatable bonds is 2. The first kappa shape index (κ1) is 13.6. The van der Waals surface area contributed by atoms with Gasteiger partial charge in [0.2, 0.25) is 0 Å². The van der Waals surface area contributed by atoms with Crippen LogP contribution < -0.4 is 0 Å². The molecule has 2 aromatic carbocycles. The molecule has 0 amide bonds. The molecule has 1 aliphatic carbocycles. The first-order chi connectivity index (χ1) is 9.40. The summed E-state index contributed by atoms with van der Waals surface area (Å²) in [6.07, 6.45) is 2.76. The van der Waals surface area contributed by atoms with E-state index in [1.54, 1.807) is 0 Å². The van der Waals surface area contributed by atoms with E-state index in [1.165, 1.54) is 16.3 Å². The molecule has 0 heterocycles. The molecule has 1 heteroatoms. The fraction of sp³-hybridized carbons (Fsp3) is 0.474. The Morgan fingerprint density at radius 3 is 2.50 bits per heavy atom. The molecule has 1 fully saturated rings. The second-order valence-electron chi connectivity index (χ2n) is 7.36. The van der Waals surface area contributed by atoms with E-state index in [2.05, 4.69) is 63.2 Å². The summed E-state index contributed by atoms with van der Waals surface area (Å²) in [5.41, 5.74) is 0.960. The summed E-state index contributed by atoms with van der Waals surface area (Å²) >= 11 is 0. The lowest BCUT2D eigenvalue weighted by molar-refractivity contribution is 0.00474. The average Bonchev–Trinajstić information content (AvgIpc) is 2.58. The maximum atomic E-state index is 11.1. The SMILES string of the molecule is CC1CC(C)(C)CC1(O)Cc1cccc2ccccc12. The lowest BCUT2D eigenvalue weighted by Gasteiger charge is -2.29. The number of aliphatic hydroxyl groups is 1. The molecule has 20 heavy (non-hydrogen) atoms. The second kappa shape index (κ2) is 4.60. The molecule has 3 rings (SSSR count). The highest BCUT2D eigenvalue weighted by Crippen LogP contribution is 2.49. The lowest BCUT2D eigenvalue weighted by atomic mass is 9.83. The van der Waals surface area contributed by atoms with Crippen molar-refractivity contribution in [3.63, 3.8) is 0 Å². The molecule has 0 aromatic heterocycles. The van der Waals surface area contributed by atoms with Gasteiger partial charge in [0.1, 0.15) is 0 Å². The van der Waals surface area contributed by atoms with Gasteiger partial charge in [0.25, 0.3) is 0 Å². The predicted molar refractivity (Wildman–Crippen MR) is 84.8 cm³/mol. The second-order valence-corrected chi connectivity index (χ2v) is 7.36. The van der Waals surface area contributed by atoms with E-state index < -0.39 is 5.60 Å². The summed E-state index contributed by atoms with van der Waals surface area (Å²) < 4.78 is 0. The highest BCUT2D eigenvalue weighted by molar-refractivity contribution is 5.85. The summed E-state index contributed by atoms with van der Waals surface area (Å²) in [5, 5.41) is 13.6. The molecule has 1 nitrogen and oxygen atoms in total. The van der Waals surface area contributed by atoms with Crippen LogP contribution in [0.25, 0.3) is 10.8 Å². The Hall–Kier alpha value is -1.34. The lowest BCUT2D eigenvalue weighted by Crippen LogP contribution is -2.34. The summed E-state index contributed by atoms with van der Waals surface area (Å²) in [5.74, 6) is 0.358. The van der Waals surface area contributed by atoms with Crippen LogP contribution in [-0.4, -0.2) is 10.7 Å². The molecular weight excluding hydrogens is 244 g/mol. The van der Waals surface area contributed by atoms with Crippen molar-refractivity contribution in [1.29, 1.82) is 0 Å². The third kappa shape index (κ3) is 2.35.